The van der Waals surface area contributed by atoms with E-state index >= 15 is 0 Å². The van der Waals surface area contributed by atoms with Crippen LogP contribution in [-0.2, 0) is 9.47 Å². The monoisotopic (exact) mass is 340 g/mol. The predicted molar refractivity (Wildman–Crippen MR) is 98.6 cm³/mol. The molecule has 0 aromatic heterocycles. The summed E-state index contributed by atoms with van der Waals surface area (Å²) in [6.45, 7) is 11.3. The first-order chi connectivity index (χ1) is 11.8. The molecule has 2 atom stereocenters. The van der Waals surface area contributed by atoms with Gasteiger partial charge < -0.3 is 24.6 Å². The van der Waals surface area contributed by atoms with Crippen molar-refractivity contribution in [2.24, 2.45) is 16.8 Å². The molecule has 2 rings (SSSR count). The second-order valence-corrected chi connectivity index (χ2v) is 7.05. The fraction of sp³-hybridized carbons (Fsp3) is 0.944. The first-order valence-corrected chi connectivity index (χ1v) is 9.51. The lowest BCUT2D eigenvalue weighted by Gasteiger charge is -2.23. The van der Waals surface area contributed by atoms with Crippen molar-refractivity contribution in [2.75, 3.05) is 73.2 Å². The number of methoxy groups -OCH3 is 1. The quantitative estimate of drug-likeness (QED) is 0.389. The largest absolute Gasteiger partial charge is 0.382 e. The minimum Gasteiger partial charge on any atom is -0.382 e. The summed E-state index contributed by atoms with van der Waals surface area (Å²) in [5.41, 5.74) is 0. The average Bonchev–Trinajstić information content (AvgIpc) is 3.23. The molecule has 24 heavy (non-hydrogen) atoms. The summed E-state index contributed by atoms with van der Waals surface area (Å²) in [5.74, 6) is 2.42. The molecule has 0 aromatic rings. The van der Waals surface area contributed by atoms with Crippen molar-refractivity contribution in [1.29, 1.82) is 0 Å². The Labute approximate surface area is 147 Å². The molecule has 0 radical (unpaired) electrons. The van der Waals surface area contributed by atoms with Gasteiger partial charge in [-0.15, -0.1) is 0 Å². The van der Waals surface area contributed by atoms with Crippen LogP contribution in [0, 0.1) is 11.8 Å². The standard InChI is InChI=1S/C18H36N4O2/c1-4-7-21-8-5-16(13-21)12-20-18(19-2)22-9-6-17(14-22)15-24-11-10-23-3/h16-17H,4-15H2,1-3H3,(H,19,20). The number of likely N-dealkylation sites (tertiary alicyclic amines) is 2. The Bertz CT molecular complexity index is 378. The van der Waals surface area contributed by atoms with Crippen molar-refractivity contribution in [2.45, 2.75) is 26.2 Å². The molecule has 2 saturated heterocycles. The Morgan fingerprint density at radius 3 is 2.75 bits per heavy atom. The van der Waals surface area contributed by atoms with Gasteiger partial charge >= 0.3 is 0 Å². The number of nitrogens with one attached hydrogen (secondary N) is 1. The van der Waals surface area contributed by atoms with Crippen molar-refractivity contribution < 1.29 is 9.47 Å². The summed E-state index contributed by atoms with van der Waals surface area (Å²) in [6.07, 6.45) is 3.74. The van der Waals surface area contributed by atoms with E-state index < -0.39 is 0 Å². The second-order valence-electron chi connectivity index (χ2n) is 7.05. The number of nitrogens with zero attached hydrogens (tertiary/aromatic N) is 3. The summed E-state index contributed by atoms with van der Waals surface area (Å²) in [5, 5.41) is 3.60. The number of rotatable bonds is 9. The summed E-state index contributed by atoms with van der Waals surface area (Å²) in [4.78, 5) is 9.45. The highest BCUT2D eigenvalue weighted by molar-refractivity contribution is 5.80. The molecule has 0 bridgehead atoms. The highest BCUT2D eigenvalue weighted by Gasteiger charge is 2.26. The normalized spacial score (nSPS) is 25.6. The number of ether oxygens (including phenoxy) is 2. The zero-order valence-electron chi connectivity index (χ0n) is 15.8. The van der Waals surface area contributed by atoms with Crippen molar-refractivity contribution in [1.82, 2.24) is 15.1 Å². The Hall–Kier alpha value is -0.850. The maximum Gasteiger partial charge on any atom is 0.193 e. The zero-order valence-corrected chi connectivity index (χ0v) is 15.8. The van der Waals surface area contributed by atoms with E-state index in [4.69, 9.17) is 9.47 Å². The minimum absolute atomic E-state index is 0.604. The molecule has 0 amide bonds. The number of hydrogen-bond acceptors (Lipinski definition) is 4. The highest BCUT2D eigenvalue weighted by Crippen LogP contribution is 2.18. The van der Waals surface area contributed by atoms with Crippen LogP contribution in [0.25, 0.3) is 0 Å². The molecule has 0 aromatic carbocycles. The summed E-state index contributed by atoms with van der Waals surface area (Å²) in [7, 11) is 3.60. The Morgan fingerprint density at radius 1 is 1.17 bits per heavy atom. The van der Waals surface area contributed by atoms with E-state index in [1.165, 1.54) is 38.9 Å². The van der Waals surface area contributed by atoms with Gasteiger partial charge in [0, 0.05) is 46.3 Å². The minimum atomic E-state index is 0.604. The molecular weight excluding hydrogens is 304 g/mol. The Kier molecular flexibility index (Phi) is 8.84. The molecule has 2 unspecified atom stereocenters. The molecule has 6 heteroatoms. The maximum atomic E-state index is 5.68. The van der Waals surface area contributed by atoms with Crippen molar-refractivity contribution >= 4 is 5.96 Å². The average molecular weight is 341 g/mol. The molecule has 6 nitrogen and oxygen atoms in total. The van der Waals surface area contributed by atoms with Crippen molar-refractivity contribution in [3.05, 3.63) is 0 Å². The molecule has 1 N–H and O–H groups in total. The Balaban J connectivity index is 1.65. The molecule has 0 saturated carbocycles. The smallest absolute Gasteiger partial charge is 0.193 e. The first-order valence-electron chi connectivity index (χ1n) is 9.51. The topological polar surface area (TPSA) is 49.3 Å². The van der Waals surface area contributed by atoms with Gasteiger partial charge in [0.25, 0.3) is 0 Å². The molecular formula is C18H36N4O2. The molecule has 2 heterocycles. The first kappa shape index (κ1) is 19.5. The van der Waals surface area contributed by atoms with Crippen molar-refractivity contribution in [3.8, 4) is 0 Å². The van der Waals surface area contributed by atoms with Crippen LogP contribution in [0.1, 0.15) is 26.2 Å². The van der Waals surface area contributed by atoms with E-state index in [0.717, 1.165) is 38.1 Å². The van der Waals surface area contributed by atoms with Gasteiger partial charge in [-0.1, -0.05) is 6.92 Å². The van der Waals surface area contributed by atoms with E-state index in [1.807, 2.05) is 7.05 Å². The van der Waals surface area contributed by atoms with Crippen molar-refractivity contribution in [3.63, 3.8) is 0 Å². The lowest BCUT2D eigenvalue weighted by Crippen LogP contribution is -2.42. The zero-order chi connectivity index (χ0) is 17.2. The molecule has 2 aliphatic heterocycles. The number of hydrogen-bond donors (Lipinski definition) is 1. The van der Waals surface area contributed by atoms with Gasteiger partial charge in [-0.3, -0.25) is 4.99 Å². The van der Waals surface area contributed by atoms with E-state index in [2.05, 4.69) is 27.0 Å². The van der Waals surface area contributed by atoms with Crippen LogP contribution in [0.3, 0.4) is 0 Å². The highest BCUT2D eigenvalue weighted by atomic mass is 16.5. The van der Waals surface area contributed by atoms with Crippen LogP contribution in [0.4, 0.5) is 0 Å². The predicted octanol–water partition coefficient (Wildman–Crippen LogP) is 1.28. The van der Waals surface area contributed by atoms with Gasteiger partial charge in [0.05, 0.1) is 19.8 Å². The van der Waals surface area contributed by atoms with Gasteiger partial charge in [0.2, 0.25) is 0 Å². The second kappa shape index (κ2) is 10.9. The molecule has 0 spiro atoms. The van der Waals surface area contributed by atoms with Gasteiger partial charge in [-0.2, -0.15) is 0 Å². The van der Waals surface area contributed by atoms with Crippen LogP contribution in [0.5, 0.6) is 0 Å². The summed E-state index contributed by atoms with van der Waals surface area (Å²) in [6, 6.07) is 0. The van der Waals surface area contributed by atoms with E-state index in [9.17, 15) is 0 Å². The molecule has 2 aliphatic rings. The van der Waals surface area contributed by atoms with Gasteiger partial charge in [-0.25, -0.2) is 0 Å². The van der Waals surface area contributed by atoms with Gasteiger partial charge in [-0.05, 0) is 38.3 Å². The molecule has 0 aliphatic carbocycles. The van der Waals surface area contributed by atoms with E-state index in [1.54, 1.807) is 7.11 Å². The SMILES string of the molecule is CCCN1CCC(CNC(=NC)N2CCC(COCCOC)C2)C1. The van der Waals surface area contributed by atoms with Crippen LogP contribution in [0.15, 0.2) is 4.99 Å². The molecule has 140 valence electrons. The number of aliphatic imine (C=N–C) groups is 1. The van der Waals surface area contributed by atoms with E-state index in [0.29, 0.717) is 19.1 Å². The van der Waals surface area contributed by atoms with Crippen LogP contribution in [-0.4, -0.2) is 89.0 Å². The van der Waals surface area contributed by atoms with Gasteiger partial charge in [0.15, 0.2) is 5.96 Å². The Morgan fingerprint density at radius 2 is 2.00 bits per heavy atom. The summed E-state index contributed by atoms with van der Waals surface area (Å²) < 4.78 is 10.7. The number of guanidine groups is 1. The third-order valence-electron chi connectivity index (χ3n) is 5.04. The third-order valence-corrected chi connectivity index (χ3v) is 5.04. The summed E-state index contributed by atoms with van der Waals surface area (Å²) >= 11 is 0. The van der Waals surface area contributed by atoms with Gasteiger partial charge in [0.1, 0.15) is 0 Å². The van der Waals surface area contributed by atoms with Crippen LogP contribution < -0.4 is 5.32 Å². The lowest BCUT2D eigenvalue weighted by molar-refractivity contribution is 0.0536. The van der Waals surface area contributed by atoms with Crippen LogP contribution >= 0.6 is 0 Å². The fourth-order valence-corrected chi connectivity index (χ4v) is 3.72. The van der Waals surface area contributed by atoms with Crippen LogP contribution in [0.2, 0.25) is 0 Å². The van der Waals surface area contributed by atoms with E-state index in [-0.39, 0.29) is 0 Å². The lowest BCUT2D eigenvalue weighted by atomic mass is 10.1. The fourth-order valence-electron chi connectivity index (χ4n) is 3.72. The maximum absolute atomic E-state index is 5.68. The third kappa shape index (κ3) is 6.22. The molecule has 2 fully saturated rings.